The summed E-state index contributed by atoms with van der Waals surface area (Å²) in [5.74, 6) is 0.708. The SMILES string of the molecule is C=CC(=O)NCC1CNc2c(-c3ccc(C(F)(F)F)cc3)cnn2C1. The lowest BCUT2D eigenvalue weighted by Gasteiger charge is -2.25. The third-order valence-corrected chi connectivity index (χ3v) is 4.10. The zero-order chi connectivity index (χ0) is 18.0. The van der Waals surface area contributed by atoms with Crippen LogP contribution in [0, 0.1) is 5.92 Å². The second kappa shape index (κ2) is 6.62. The summed E-state index contributed by atoms with van der Waals surface area (Å²) in [6, 6.07) is 5.02. The van der Waals surface area contributed by atoms with Gasteiger partial charge in [0.1, 0.15) is 5.82 Å². The van der Waals surface area contributed by atoms with Crippen LogP contribution in [0.4, 0.5) is 19.0 Å². The van der Waals surface area contributed by atoms with Gasteiger partial charge in [0.2, 0.25) is 5.91 Å². The van der Waals surface area contributed by atoms with Crippen LogP contribution < -0.4 is 10.6 Å². The minimum atomic E-state index is -4.35. The molecule has 0 aliphatic carbocycles. The summed E-state index contributed by atoms with van der Waals surface area (Å²) in [6.07, 6.45) is -1.49. The van der Waals surface area contributed by atoms with E-state index in [1.54, 1.807) is 10.9 Å². The Morgan fingerprint density at radius 2 is 2.12 bits per heavy atom. The van der Waals surface area contributed by atoms with Crippen molar-refractivity contribution in [3.8, 4) is 11.1 Å². The molecular formula is C17H17F3N4O. The van der Waals surface area contributed by atoms with E-state index in [9.17, 15) is 18.0 Å². The molecule has 8 heteroatoms. The van der Waals surface area contributed by atoms with Crippen LogP contribution in [0.1, 0.15) is 5.56 Å². The predicted octanol–water partition coefficient (Wildman–Crippen LogP) is 2.91. The Bertz CT molecular complexity index is 780. The summed E-state index contributed by atoms with van der Waals surface area (Å²) in [7, 11) is 0. The summed E-state index contributed by atoms with van der Waals surface area (Å²) in [6.45, 7) is 5.14. The number of nitrogens with one attached hydrogen (secondary N) is 2. The van der Waals surface area contributed by atoms with E-state index in [-0.39, 0.29) is 11.8 Å². The van der Waals surface area contributed by atoms with Crippen LogP contribution in [0.3, 0.4) is 0 Å². The summed E-state index contributed by atoms with van der Waals surface area (Å²) < 4.78 is 39.8. The van der Waals surface area contributed by atoms with Gasteiger partial charge in [0.15, 0.2) is 0 Å². The lowest BCUT2D eigenvalue weighted by atomic mass is 10.0. The zero-order valence-corrected chi connectivity index (χ0v) is 13.3. The molecule has 0 fully saturated rings. The van der Waals surface area contributed by atoms with Gasteiger partial charge in [-0.25, -0.2) is 4.68 Å². The highest BCUT2D eigenvalue weighted by atomic mass is 19.4. The van der Waals surface area contributed by atoms with Crippen molar-refractivity contribution in [2.45, 2.75) is 12.7 Å². The molecule has 1 atom stereocenters. The number of benzene rings is 1. The maximum absolute atomic E-state index is 12.7. The van der Waals surface area contributed by atoms with E-state index in [4.69, 9.17) is 0 Å². The quantitative estimate of drug-likeness (QED) is 0.834. The fourth-order valence-corrected chi connectivity index (χ4v) is 2.76. The Morgan fingerprint density at radius 1 is 1.40 bits per heavy atom. The lowest BCUT2D eigenvalue weighted by Crippen LogP contribution is -2.37. The molecule has 0 bridgehead atoms. The number of carbonyl (C=O) groups is 1. The average Bonchev–Trinajstić information content (AvgIpc) is 3.02. The molecule has 0 saturated heterocycles. The van der Waals surface area contributed by atoms with Crippen LogP contribution in [0.2, 0.25) is 0 Å². The molecule has 1 amide bonds. The predicted molar refractivity (Wildman–Crippen MR) is 87.9 cm³/mol. The third-order valence-electron chi connectivity index (χ3n) is 4.10. The highest BCUT2D eigenvalue weighted by molar-refractivity contribution is 5.86. The van der Waals surface area contributed by atoms with Gasteiger partial charge < -0.3 is 10.6 Å². The number of amides is 1. The summed E-state index contributed by atoms with van der Waals surface area (Å²) in [4.78, 5) is 11.2. The molecule has 1 aromatic carbocycles. The number of halogens is 3. The van der Waals surface area contributed by atoms with Gasteiger partial charge in [-0.3, -0.25) is 4.79 Å². The first kappa shape index (κ1) is 17.1. The molecule has 25 heavy (non-hydrogen) atoms. The summed E-state index contributed by atoms with van der Waals surface area (Å²) in [5.41, 5.74) is 0.741. The van der Waals surface area contributed by atoms with E-state index in [0.717, 1.165) is 23.5 Å². The van der Waals surface area contributed by atoms with Crippen LogP contribution in [-0.4, -0.2) is 28.8 Å². The Kier molecular flexibility index (Phi) is 4.52. The molecular weight excluding hydrogens is 333 g/mol. The van der Waals surface area contributed by atoms with Gasteiger partial charge in [-0.05, 0) is 23.8 Å². The van der Waals surface area contributed by atoms with Crippen LogP contribution in [-0.2, 0) is 17.5 Å². The van der Waals surface area contributed by atoms with Crippen molar-refractivity contribution >= 4 is 11.7 Å². The van der Waals surface area contributed by atoms with Gasteiger partial charge in [0.25, 0.3) is 0 Å². The fraction of sp³-hybridized carbons (Fsp3) is 0.294. The van der Waals surface area contributed by atoms with Gasteiger partial charge in [0.05, 0.1) is 11.8 Å². The highest BCUT2D eigenvalue weighted by Gasteiger charge is 2.30. The first-order valence-electron chi connectivity index (χ1n) is 7.76. The maximum Gasteiger partial charge on any atom is 0.416 e. The number of fused-ring (bicyclic) bond motifs is 1. The van der Waals surface area contributed by atoms with Crippen LogP contribution in [0.15, 0.2) is 43.1 Å². The topological polar surface area (TPSA) is 59.0 Å². The number of hydrogen-bond acceptors (Lipinski definition) is 3. The first-order valence-corrected chi connectivity index (χ1v) is 7.76. The van der Waals surface area contributed by atoms with Crippen LogP contribution in [0.5, 0.6) is 0 Å². The van der Waals surface area contributed by atoms with Gasteiger partial charge >= 0.3 is 6.18 Å². The molecule has 1 aliphatic rings. The molecule has 1 aliphatic heterocycles. The largest absolute Gasteiger partial charge is 0.416 e. The Hall–Kier alpha value is -2.77. The monoisotopic (exact) mass is 350 g/mol. The van der Waals surface area contributed by atoms with E-state index in [2.05, 4.69) is 22.3 Å². The normalized spacial score (nSPS) is 16.7. The minimum Gasteiger partial charge on any atom is -0.369 e. The van der Waals surface area contributed by atoms with Crippen LogP contribution >= 0.6 is 0 Å². The minimum absolute atomic E-state index is 0.164. The van der Waals surface area contributed by atoms with E-state index in [0.29, 0.717) is 25.2 Å². The van der Waals surface area contributed by atoms with Crippen molar-refractivity contribution in [3.63, 3.8) is 0 Å². The number of carbonyl (C=O) groups excluding carboxylic acids is 1. The smallest absolute Gasteiger partial charge is 0.369 e. The molecule has 2 heterocycles. The summed E-state index contributed by atoms with van der Waals surface area (Å²) in [5, 5.41) is 10.3. The van der Waals surface area contributed by atoms with Crippen molar-refractivity contribution in [1.82, 2.24) is 15.1 Å². The Labute approximate surface area is 142 Å². The molecule has 2 aromatic rings. The number of anilines is 1. The lowest BCUT2D eigenvalue weighted by molar-refractivity contribution is -0.137. The van der Waals surface area contributed by atoms with Crippen molar-refractivity contribution in [3.05, 3.63) is 48.7 Å². The molecule has 1 aromatic heterocycles. The zero-order valence-electron chi connectivity index (χ0n) is 13.3. The van der Waals surface area contributed by atoms with Crippen molar-refractivity contribution in [2.75, 3.05) is 18.4 Å². The number of nitrogens with zero attached hydrogens (tertiary/aromatic N) is 2. The fourth-order valence-electron chi connectivity index (χ4n) is 2.76. The molecule has 0 spiro atoms. The van der Waals surface area contributed by atoms with Crippen molar-refractivity contribution in [2.24, 2.45) is 5.92 Å². The molecule has 132 valence electrons. The second-order valence-electron chi connectivity index (χ2n) is 5.86. The van der Waals surface area contributed by atoms with Gasteiger partial charge in [-0.1, -0.05) is 18.7 Å². The Balaban J connectivity index is 1.74. The third kappa shape index (κ3) is 3.67. The van der Waals surface area contributed by atoms with Crippen LogP contribution in [0.25, 0.3) is 11.1 Å². The molecule has 5 nitrogen and oxygen atoms in total. The van der Waals surface area contributed by atoms with E-state index < -0.39 is 11.7 Å². The number of hydrogen-bond donors (Lipinski definition) is 2. The van der Waals surface area contributed by atoms with Gasteiger partial charge in [-0.15, -0.1) is 0 Å². The number of rotatable bonds is 4. The average molecular weight is 350 g/mol. The molecule has 1 unspecified atom stereocenters. The molecule has 2 N–H and O–H groups in total. The van der Waals surface area contributed by atoms with E-state index in [1.165, 1.54) is 18.2 Å². The highest BCUT2D eigenvalue weighted by Crippen LogP contribution is 2.34. The Morgan fingerprint density at radius 3 is 2.76 bits per heavy atom. The first-order chi connectivity index (χ1) is 11.9. The summed E-state index contributed by atoms with van der Waals surface area (Å²) >= 11 is 0. The van der Waals surface area contributed by atoms with Crippen molar-refractivity contribution < 1.29 is 18.0 Å². The van der Waals surface area contributed by atoms with Gasteiger partial charge in [0, 0.05) is 31.1 Å². The van der Waals surface area contributed by atoms with E-state index in [1.807, 2.05) is 0 Å². The number of alkyl halides is 3. The standard InChI is InChI=1S/C17H17F3N4O/c1-2-15(25)21-7-11-8-22-16-14(9-23-24(16)10-11)12-3-5-13(6-4-12)17(18,19)20/h2-6,9,11,22H,1,7-8,10H2,(H,21,25). The van der Waals surface area contributed by atoms with Gasteiger partial charge in [-0.2, -0.15) is 18.3 Å². The molecule has 3 rings (SSSR count). The maximum atomic E-state index is 12.7. The van der Waals surface area contributed by atoms with E-state index >= 15 is 0 Å². The number of aromatic nitrogens is 2. The van der Waals surface area contributed by atoms with Crippen molar-refractivity contribution in [1.29, 1.82) is 0 Å². The molecule has 0 radical (unpaired) electrons. The molecule has 0 saturated carbocycles. The second-order valence-corrected chi connectivity index (χ2v) is 5.86.